The lowest BCUT2D eigenvalue weighted by atomic mass is 9.33. The van der Waals surface area contributed by atoms with Crippen LogP contribution in [0.15, 0.2) is 11.6 Å². The zero-order chi connectivity index (χ0) is 50.9. The summed E-state index contributed by atoms with van der Waals surface area (Å²) >= 11 is 0. The Morgan fingerprint density at radius 3 is 2.01 bits per heavy atom. The molecule has 0 spiro atoms. The Morgan fingerprint density at radius 2 is 1.39 bits per heavy atom. The zero-order valence-corrected chi connectivity index (χ0v) is 40.2. The Morgan fingerprint density at radius 1 is 0.725 bits per heavy atom. The van der Waals surface area contributed by atoms with E-state index < -0.39 is 156 Å². The van der Waals surface area contributed by atoms with Gasteiger partial charge in [0.05, 0.1) is 24.2 Å². The van der Waals surface area contributed by atoms with Gasteiger partial charge in [0, 0.05) is 5.92 Å². The van der Waals surface area contributed by atoms with Crippen LogP contribution in [-0.4, -0.2) is 179 Å². The number of hydrogen-bond acceptors (Lipinski definition) is 18. The maximum absolute atomic E-state index is 15.1. The number of carbonyl (C=O) groups excluding carboxylic acids is 1. The Labute approximate surface area is 400 Å². The number of ketones is 1. The van der Waals surface area contributed by atoms with Crippen LogP contribution in [-0.2, 0) is 42.9 Å². The monoisotopic (exact) mass is 983 g/mol. The van der Waals surface area contributed by atoms with Crippen LogP contribution < -0.4 is 5.32 Å². The summed E-state index contributed by atoms with van der Waals surface area (Å²) < 4.78 is 30.0. The van der Waals surface area contributed by atoms with Crippen molar-refractivity contribution in [1.82, 2.24) is 5.32 Å². The fraction of sp³-hybridized carbons (Fsp3) is 0.875. The van der Waals surface area contributed by atoms with Gasteiger partial charge in [0.1, 0.15) is 61.0 Å². The first-order chi connectivity index (χ1) is 32.0. The van der Waals surface area contributed by atoms with Crippen LogP contribution in [0.4, 0.5) is 0 Å². The Kier molecular flexibility index (Phi) is 13.7. The summed E-state index contributed by atoms with van der Waals surface area (Å²) in [6.07, 6.45) is -18.8. The van der Waals surface area contributed by atoms with Crippen LogP contribution in [0.25, 0.3) is 0 Å². The number of fused-ring (bicyclic) bond motifs is 7. The first kappa shape index (κ1) is 52.6. The molecule has 12 N–H and O–H groups in total. The molecule has 7 fully saturated rings. The standard InChI is InChI=1S/C48H73NO20/c1-43(2)23-8-11-48(7)35(21(51)16-19-20-17-45(4,42(63)64)13-12-44(20,3)14-15-47(19,48)6)46(23,5)10-9-24(43)66-41-33(67-40-25(37(58)59)28(53)32(57)39(62)69-40)26(29(54)34(68-41)38(60)61)49-36-31(56)30(55)27(52)22(18-50)65-36/h16,20,22-36,39-41,49-50,52-57,62H,8-15,17-18H2,1-7H3,(H,58,59)(H,60,61)(H,63,64)/t20?,22-,23?,24?,25+,26+,27+,28-,29+,30+,31-,32+,33-,34+,35?,36-,39+,40?,41?,44-,45+,46+,47-,48-/m1/s1. The largest absolute Gasteiger partial charge is 0.481 e. The summed E-state index contributed by atoms with van der Waals surface area (Å²) in [5, 5.41) is 119. The van der Waals surface area contributed by atoms with Crippen LogP contribution in [0.5, 0.6) is 0 Å². The summed E-state index contributed by atoms with van der Waals surface area (Å²) in [4.78, 5) is 53.1. The van der Waals surface area contributed by atoms with E-state index in [0.29, 0.717) is 32.1 Å². The summed E-state index contributed by atoms with van der Waals surface area (Å²) in [5.74, 6) is -7.01. The number of carbonyl (C=O) groups is 4. The molecule has 5 aliphatic carbocycles. The SMILES string of the molecule is CC1(C)C(OC2O[C@H](C(=O)O)[C@@H](O)[C@H](N[C@@H]3O[C@H](CO)[C@H](O)[C@H](O)[C@H]3O)[C@H]2OC2O[C@H](O)[C@@H](O)[C@H](O)[C@H]2C(=O)O)CC[C@@]2(C)C1CC[C@]1(C)C2C(=O)C=C2C3C[C@@](C)(C(=O)O)CC[C@]3(C)CC[C@]21C. The zero-order valence-electron chi connectivity index (χ0n) is 40.2. The predicted molar refractivity (Wildman–Crippen MR) is 234 cm³/mol. The van der Waals surface area contributed by atoms with Crippen LogP contribution >= 0.6 is 0 Å². The number of hydrogen-bond donors (Lipinski definition) is 12. The molecule has 390 valence electrons. The van der Waals surface area contributed by atoms with Gasteiger partial charge in [-0.15, -0.1) is 0 Å². The second-order valence-corrected chi connectivity index (χ2v) is 23.6. The van der Waals surface area contributed by atoms with E-state index in [2.05, 4.69) is 33.0 Å². The van der Waals surface area contributed by atoms with E-state index in [1.807, 2.05) is 26.8 Å². The van der Waals surface area contributed by atoms with Gasteiger partial charge >= 0.3 is 17.9 Å². The number of rotatable bonds is 10. The van der Waals surface area contributed by atoms with Gasteiger partial charge in [0.25, 0.3) is 0 Å². The fourth-order valence-electron chi connectivity index (χ4n) is 15.1. The summed E-state index contributed by atoms with van der Waals surface area (Å²) in [7, 11) is 0. The van der Waals surface area contributed by atoms with Crippen molar-refractivity contribution < 1.29 is 99.0 Å². The lowest BCUT2D eigenvalue weighted by Gasteiger charge is -2.70. The van der Waals surface area contributed by atoms with E-state index in [0.717, 1.165) is 24.8 Å². The highest BCUT2D eigenvalue weighted by molar-refractivity contribution is 5.95. The Bertz CT molecular complexity index is 2050. The number of aliphatic hydroxyl groups excluding tert-OH is 8. The molecule has 0 aromatic rings. The number of carboxylic acids is 3. The molecule has 8 rings (SSSR count). The fourth-order valence-corrected chi connectivity index (χ4v) is 15.1. The molecule has 3 aliphatic heterocycles. The van der Waals surface area contributed by atoms with Crippen molar-refractivity contribution in [1.29, 1.82) is 0 Å². The molecule has 21 heteroatoms. The van der Waals surface area contributed by atoms with Gasteiger partial charge in [-0.2, -0.15) is 0 Å². The van der Waals surface area contributed by atoms with Crippen LogP contribution in [0, 0.1) is 56.2 Å². The molecule has 6 unspecified atom stereocenters. The molecule has 3 heterocycles. The number of ether oxygens (including phenoxy) is 5. The maximum atomic E-state index is 15.1. The van der Waals surface area contributed by atoms with Crippen LogP contribution in [0.1, 0.15) is 106 Å². The van der Waals surface area contributed by atoms with Crippen molar-refractivity contribution in [3.63, 3.8) is 0 Å². The molecular formula is C48H73NO20. The van der Waals surface area contributed by atoms with Gasteiger partial charge in [0.2, 0.25) is 0 Å². The topological polar surface area (TPSA) is 349 Å². The van der Waals surface area contributed by atoms with Gasteiger partial charge in [-0.1, -0.05) is 47.1 Å². The number of aliphatic carboxylic acids is 3. The van der Waals surface area contributed by atoms with E-state index in [9.17, 15) is 70.6 Å². The summed E-state index contributed by atoms with van der Waals surface area (Å²) in [6.45, 7) is 13.8. The molecule has 21 nitrogen and oxygen atoms in total. The highest BCUT2D eigenvalue weighted by Crippen LogP contribution is 2.75. The minimum absolute atomic E-state index is 0.0126. The molecule has 0 bridgehead atoms. The third kappa shape index (κ3) is 8.13. The highest BCUT2D eigenvalue weighted by atomic mass is 16.8. The number of nitrogens with one attached hydrogen (secondary N) is 1. The third-order valence-corrected chi connectivity index (χ3v) is 19.6. The number of aliphatic hydroxyl groups is 8. The highest BCUT2D eigenvalue weighted by Gasteiger charge is 2.71. The molecule has 24 atom stereocenters. The lowest BCUT2D eigenvalue weighted by molar-refractivity contribution is -0.374. The predicted octanol–water partition coefficient (Wildman–Crippen LogP) is -0.152. The van der Waals surface area contributed by atoms with Crippen LogP contribution in [0.2, 0.25) is 0 Å². The lowest BCUT2D eigenvalue weighted by Crippen LogP contribution is -2.72. The average Bonchev–Trinajstić information content (AvgIpc) is 3.26. The van der Waals surface area contributed by atoms with Crippen molar-refractivity contribution in [2.45, 2.75) is 198 Å². The molecule has 8 aliphatic rings. The number of carboxylic acid groups (broad SMARTS) is 3. The van der Waals surface area contributed by atoms with E-state index in [1.54, 1.807) is 0 Å². The van der Waals surface area contributed by atoms with Gasteiger partial charge in [-0.05, 0) is 110 Å². The Balaban J connectivity index is 1.13. The summed E-state index contributed by atoms with van der Waals surface area (Å²) in [6, 6.07) is -1.80. The quantitative estimate of drug-likeness (QED) is 0.127. The minimum Gasteiger partial charge on any atom is -0.481 e. The van der Waals surface area contributed by atoms with Crippen molar-refractivity contribution >= 4 is 23.7 Å². The molecule has 0 amide bonds. The maximum Gasteiger partial charge on any atom is 0.335 e. The van der Waals surface area contributed by atoms with E-state index >= 15 is 4.79 Å². The van der Waals surface area contributed by atoms with Crippen LogP contribution in [0.3, 0.4) is 0 Å². The van der Waals surface area contributed by atoms with Gasteiger partial charge in [-0.25, -0.2) is 4.79 Å². The smallest absolute Gasteiger partial charge is 0.335 e. The van der Waals surface area contributed by atoms with Crippen molar-refractivity contribution in [2.75, 3.05) is 6.61 Å². The average molecular weight is 984 g/mol. The molecular weight excluding hydrogens is 911 g/mol. The van der Waals surface area contributed by atoms with E-state index in [4.69, 9.17) is 23.7 Å². The first-order valence-electron chi connectivity index (χ1n) is 24.4. The van der Waals surface area contributed by atoms with E-state index in [1.165, 1.54) is 0 Å². The third-order valence-electron chi connectivity index (χ3n) is 19.6. The molecule has 3 saturated heterocycles. The van der Waals surface area contributed by atoms with E-state index in [-0.39, 0.29) is 29.5 Å². The summed E-state index contributed by atoms with van der Waals surface area (Å²) in [5.41, 5.74) is -2.30. The first-order valence-corrected chi connectivity index (χ1v) is 24.4. The van der Waals surface area contributed by atoms with Crippen molar-refractivity contribution in [3.8, 4) is 0 Å². The normalized spacial score (nSPS) is 52.8. The van der Waals surface area contributed by atoms with Crippen molar-refractivity contribution in [3.05, 3.63) is 11.6 Å². The second-order valence-electron chi connectivity index (χ2n) is 23.6. The van der Waals surface area contributed by atoms with Crippen molar-refractivity contribution in [2.24, 2.45) is 56.2 Å². The Hall–Kier alpha value is -2.74. The second kappa shape index (κ2) is 18.0. The molecule has 0 aromatic heterocycles. The molecule has 0 radical (unpaired) electrons. The van der Waals surface area contributed by atoms with Gasteiger partial charge in [-0.3, -0.25) is 19.7 Å². The van der Waals surface area contributed by atoms with Gasteiger partial charge in [0.15, 0.2) is 30.8 Å². The molecule has 4 saturated carbocycles. The number of allylic oxidation sites excluding steroid dienone is 2. The van der Waals surface area contributed by atoms with Gasteiger partial charge < -0.3 is 79.9 Å². The molecule has 0 aromatic carbocycles. The minimum atomic E-state index is -2.19. The molecule has 69 heavy (non-hydrogen) atoms.